The van der Waals surface area contributed by atoms with Crippen LogP contribution in [0, 0.1) is 5.41 Å². The van der Waals surface area contributed by atoms with E-state index in [-0.39, 0.29) is 24.0 Å². The lowest BCUT2D eigenvalue weighted by atomic mass is 9.87. The molecule has 2 fully saturated rings. The molecule has 0 saturated carbocycles. The number of likely N-dealkylation sites (tertiary alicyclic amines) is 1. The van der Waals surface area contributed by atoms with E-state index in [1.807, 2.05) is 18.3 Å². The van der Waals surface area contributed by atoms with Crippen molar-refractivity contribution in [3.8, 4) is 5.88 Å². The highest BCUT2D eigenvalue weighted by atomic mass is 127. The summed E-state index contributed by atoms with van der Waals surface area (Å²) in [6.07, 6.45) is 5.21. The summed E-state index contributed by atoms with van der Waals surface area (Å²) in [6.45, 7) is 10.3. The van der Waals surface area contributed by atoms with Crippen molar-refractivity contribution in [2.24, 2.45) is 10.4 Å². The molecule has 7 heteroatoms. The minimum Gasteiger partial charge on any atom is -0.478 e. The zero-order valence-corrected chi connectivity index (χ0v) is 18.2. The third-order valence-electron chi connectivity index (χ3n) is 4.92. The van der Waals surface area contributed by atoms with E-state index in [9.17, 15) is 0 Å². The Morgan fingerprint density at radius 3 is 2.92 bits per heavy atom. The van der Waals surface area contributed by atoms with Crippen LogP contribution >= 0.6 is 24.0 Å². The van der Waals surface area contributed by atoms with Crippen molar-refractivity contribution in [3.05, 3.63) is 23.9 Å². The van der Waals surface area contributed by atoms with E-state index >= 15 is 0 Å². The number of hydrogen-bond acceptors (Lipinski definition) is 4. The second-order valence-electron chi connectivity index (χ2n) is 7.00. The number of halogens is 1. The molecule has 3 rings (SSSR count). The maximum atomic E-state index is 5.63. The Labute approximate surface area is 173 Å². The zero-order chi connectivity index (χ0) is 17.5. The number of rotatable bonds is 6. The summed E-state index contributed by atoms with van der Waals surface area (Å²) in [7, 11) is 0. The van der Waals surface area contributed by atoms with Gasteiger partial charge in [-0.05, 0) is 31.7 Å². The van der Waals surface area contributed by atoms with E-state index in [2.05, 4.69) is 29.0 Å². The fraction of sp³-hybridized carbons (Fsp3) is 0.684. The van der Waals surface area contributed by atoms with E-state index in [0.717, 1.165) is 50.8 Å². The Bertz CT molecular complexity index is 573. The smallest absolute Gasteiger partial charge is 0.213 e. The summed E-state index contributed by atoms with van der Waals surface area (Å²) < 4.78 is 11.2. The molecule has 0 bridgehead atoms. The number of nitrogens with zero attached hydrogens (tertiary/aromatic N) is 3. The van der Waals surface area contributed by atoms with Gasteiger partial charge in [-0.3, -0.25) is 0 Å². The quantitative estimate of drug-likeness (QED) is 0.390. The fourth-order valence-corrected chi connectivity index (χ4v) is 3.48. The molecule has 1 aromatic rings. The molecule has 2 saturated heterocycles. The minimum absolute atomic E-state index is 0. The fourth-order valence-electron chi connectivity index (χ4n) is 3.48. The van der Waals surface area contributed by atoms with Gasteiger partial charge in [0.25, 0.3) is 0 Å². The number of aliphatic imine (C=N–C) groups is 1. The molecule has 1 unspecified atom stereocenters. The second kappa shape index (κ2) is 10.3. The van der Waals surface area contributed by atoms with Crippen LogP contribution in [-0.2, 0) is 11.3 Å². The highest BCUT2D eigenvalue weighted by Gasteiger charge is 2.42. The summed E-state index contributed by atoms with van der Waals surface area (Å²) >= 11 is 0. The van der Waals surface area contributed by atoms with Crippen LogP contribution < -0.4 is 10.1 Å². The highest BCUT2D eigenvalue weighted by Crippen LogP contribution is 2.38. The molecule has 0 aliphatic carbocycles. The number of guanidine groups is 1. The molecule has 26 heavy (non-hydrogen) atoms. The van der Waals surface area contributed by atoms with Crippen molar-refractivity contribution in [2.75, 3.05) is 39.5 Å². The summed E-state index contributed by atoms with van der Waals surface area (Å²) in [5.41, 5.74) is 1.44. The van der Waals surface area contributed by atoms with Gasteiger partial charge in [-0.2, -0.15) is 0 Å². The van der Waals surface area contributed by atoms with Crippen molar-refractivity contribution >= 4 is 29.9 Å². The molecule has 3 heterocycles. The van der Waals surface area contributed by atoms with Crippen LogP contribution in [-0.4, -0.2) is 55.3 Å². The van der Waals surface area contributed by atoms with Crippen molar-refractivity contribution in [3.63, 3.8) is 0 Å². The van der Waals surface area contributed by atoms with Crippen LogP contribution in [0.15, 0.2) is 23.3 Å². The normalized spacial score (nSPS) is 22.5. The van der Waals surface area contributed by atoms with Gasteiger partial charge >= 0.3 is 0 Å². The van der Waals surface area contributed by atoms with Gasteiger partial charge < -0.3 is 19.7 Å². The zero-order valence-electron chi connectivity index (χ0n) is 15.9. The van der Waals surface area contributed by atoms with E-state index < -0.39 is 0 Å². The average Bonchev–Trinajstić information content (AvgIpc) is 3.28. The number of aromatic nitrogens is 1. The molecule has 0 radical (unpaired) electrons. The summed E-state index contributed by atoms with van der Waals surface area (Å²) in [5.74, 6) is 1.68. The van der Waals surface area contributed by atoms with E-state index in [4.69, 9.17) is 14.5 Å². The van der Waals surface area contributed by atoms with Gasteiger partial charge in [0.1, 0.15) is 0 Å². The molecule has 1 aromatic heterocycles. The summed E-state index contributed by atoms with van der Waals surface area (Å²) in [6, 6.07) is 3.97. The Hall–Kier alpha value is -1.09. The van der Waals surface area contributed by atoms with E-state index in [0.29, 0.717) is 24.4 Å². The van der Waals surface area contributed by atoms with Crippen LogP contribution in [0.2, 0.25) is 0 Å². The van der Waals surface area contributed by atoms with Gasteiger partial charge in [-0.1, -0.05) is 13.0 Å². The van der Waals surface area contributed by atoms with Gasteiger partial charge in [-0.15, -0.1) is 24.0 Å². The summed E-state index contributed by atoms with van der Waals surface area (Å²) in [4.78, 5) is 11.6. The van der Waals surface area contributed by atoms with Crippen molar-refractivity contribution in [1.82, 2.24) is 15.2 Å². The monoisotopic (exact) mass is 474 g/mol. The molecular weight excluding hydrogens is 443 g/mol. The molecule has 6 nitrogen and oxygen atoms in total. The number of pyridine rings is 1. The van der Waals surface area contributed by atoms with Gasteiger partial charge in [0.05, 0.1) is 19.8 Å². The van der Waals surface area contributed by atoms with Crippen molar-refractivity contribution < 1.29 is 9.47 Å². The van der Waals surface area contributed by atoms with Crippen LogP contribution in [0.4, 0.5) is 0 Å². The third kappa shape index (κ3) is 5.45. The lowest BCUT2D eigenvalue weighted by Crippen LogP contribution is -2.41. The molecule has 146 valence electrons. The minimum atomic E-state index is 0. The summed E-state index contributed by atoms with van der Waals surface area (Å²) in [5, 5.41) is 3.43. The molecule has 2 aliphatic rings. The van der Waals surface area contributed by atoms with Crippen LogP contribution in [0.5, 0.6) is 5.88 Å². The SMILES string of the molecule is CCCOc1ccc(CN=C(NCC)N2CCC3(CCOC3)C2)cn1.I. The Morgan fingerprint density at radius 2 is 2.27 bits per heavy atom. The maximum absolute atomic E-state index is 5.63. The molecule has 1 spiro atoms. The largest absolute Gasteiger partial charge is 0.478 e. The first-order valence-electron chi connectivity index (χ1n) is 9.43. The Kier molecular flexibility index (Phi) is 8.40. The van der Waals surface area contributed by atoms with E-state index in [1.54, 1.807) is 0 Å². The van der Waals surface area contributed by atoms with Crippen LogP contribution in [0.25, 0.3) is 0 Å². The highest BCUT2D eigenvalue weighted by molar-refractivity contribution is 14.0. The molecule has 1 atom stereocenters. The first-order chi connectivity index (χ1) is 12.2. The Balaban J connectivity index is 0.00000243. The van der Waals surface area contributed by atoms with Gasteiger partial charge in [0.2, 0.25) is 5.88 Å². The van der Waals surface area contributed by atoms with Crippen molar-refractivity contribution in [1.29, 1.82) is 0 Å². The van der Waals surface area contributed by atoms with Crippen LogP contribution in [0.1, 0.15) is 38.7 Å². The van der Waals surface area contributed by atoms with Gasteiger partial charge in [0.15, 0.2) is 5.96 Å². The second-order valence-corrected chi connectivity index (χ2v) is 7.00. The average molecular weight is 474 g/mol. The molecule has 1 N–H and O–H groups in total. The third-order valence-corrected chi connectivity index (χ3v) is 4.92. The van der Waals surface area contributed by atoms with E-state index in [1.165, 1.54) is 12.8 Å². The van der Waals surface area contributed by atoms with Gasteiger partial charge in [-0.25, -0.2) is 9.98 Å². The first-order valence-corrected chi connectivity index (χ1v) is 9.43. The predicted octanol–water partition coefficient (Wildman–Crippen LogP) is 3.07. The topological polar surface area (TPSA) is 59.0 Å². The molecular formula is C19H31IN4O2. The lowest BCUT2D eigenvalue weighted by molar-refractivity contribution is 0.156. The van der Waals surface area contributed by atoms with Crippen molar-refractivity contribution in [2.45, 2.75) is 39.7 Å². The van der Waals surface area contributed by atoms with Crippen LogP contribution in [0.3, 0.4) is 0 Å². The molecule has 0 aromatic carbocycles. The first kappa shape index (κ1) is 21.2. The molecule has 2 aliphatic heterocycles. The standard InChI is InChI=1S/C19H30N4O2.HI/c1-3-10-25-17-6-5-16(12-21-17)13-22-18(20-4-2)23-9-7-19(14-23)8-11-24-15-19;/h5-6,12H,3-4,7-11,13-15H2,1-2H3,(H,20,22);1H. The number of ether oxygens (including phenoxy) is 2. The predicted molar refractivity (Wildman–Crippen MR) is 114 cm³/mol. The lowest BCUT2D eigenvalue weighted by Gasteiger charge is -2.25. The molecule has 0 amide bonds. The Morgan fingerprint density at radius 1 is 1.38 bits per heavy atom. The number of hydrogen-bond donors (Lipinski definition) is 1. The van der Waals surface area contributed by atoms with Gasteiger partial charge in [0, 0.05) is 43.9 Å². The maximum Gasteiger partial charge on any atom is 0.213 e. The number of nitrogens with one attached hydrogen (secondary N) is 1.